The van der Waals surface area contributed by atoms with Crippen molar-refractivity contribution in [2.75, 3.05) is 13.1 Å². The molecule has 1 atom stereocenters. The van der Waals surface area contributed by atoms with Gasteiger partial charge in [0.1, 0.15) is 11.6 Å². The predicted octanol–water partition coefficient (Wildman–Crippen LogP) is 3.22. The predicted molar refractivity (Wildman–Crippen MR) is 113 cm³/mol. The number of amides is 1. The number of piperidine rings is 1. The van der Waals surface area contributed by atoms with Gasteiger partial charge in [0.2, 0.25) is 5.91 Å². The largest absolute Gasteiger partial charge is 0.341 e. The molecule has 0 N–H and O–H groups in total. The summed E-state index contributed by atoms with van der Waals surface area (Å²) in [5.74, 6) is 0.557. The third-order valence-electron chi connectivity index (χ3n) is 5.85. The SMILES string of the molecule is CC[C@@H](C(=O)N1CCC(Cc2ccccc2)CC1)n1nnc2ccccc2c1=O. The number of hydrogen-bond donors (Lipinski definition) is 0. The molecular formula is C23H26N4O2. The molecule has 1 fully saturated rings. The van der Waals surface area contributed by atoms with Crippen LogP contribution in [0.5, 0.6) is 0 Å². The minimum Gasteiger partial charge on any atom is -0.341 e. The van der Waals surface area contributed by atoms with E-state index in [-0.39, 0.29) is 11.5 Å². The lowest BCUT2D eigenvalue weighted by Crippen LogP contribution is -2.45. The number of carbonyl (C=O) groups is 1. The Labute approximate surface area is 170 Å². The van der Waals surface area contributed by atoms with Gasteiger partial charge in [-0.25, -0.2) is 0 Å². The number of carbonyl (C=O) groups excluding carboxylic acids is 1. The summed E-state index contributed by atoms with van der Waals surface area (Å²) in [6.45, 7) is 3.36. The molecule has 2 heterocycles. The van der Waals surface area contributed by atoms with Crippen LogP contribution < -0.4 is 5.56 Å². The number of likely N-dealkylation sites (tertiary alicyclic amines) is 1. The first-order chi connectivity index (χ1) is 14.2. The van der Waals surface area contributed by atoms with E-state index in [1.807, 2.05) is 24.0 Å². The van der Waals surface area contributed by atoms with E-state index < -0.39 is 6.04 Å². The van der Waals surface area contributed by atoms with E-state index in [1.165, 1.54) is 10.2 Å². The van der Waals surface area contributed by atoms with Crippen LogP contribution >= 0.6 is 0 Å². The zero-order valence-corrected chi connectivity index (χ0v) is 16.7. The van der Waals surface area contributed by atoms with Gasteiger partial charge in [0.05, 0.1) is 5.39 Å². The summed E-state index contributed by atoms with van der Waals surface area (Å²) in [4.78, 5) is 27.9. The van der Waals surface area contributed by atoms with Crippen LogP contribution in [0.25, 0.3) is 10.9 Å². The van der Waals surface area contributed by atoms with Gasteiger partial charge in [0, 0.05) is 13.1 Å². The molecule has 0 saturated carbocycles. The Kier molecular flexibility index (Phi) is 5.69. The summed E-state index contributed by atoms with van der Waals surface area (Å²) in [5.41, 5.74) is 1.65. The Bertz CT molecular complexity index is 1040. The van der Waals surface area contributed by atoms with E-state index in [9.17, 15) is 9.59 Å². The molecule has 0 unspecified atom stereocenters. The normalized spacial score (nSPS) is 16.1. The van der Waals surface area contributed by atoms with Crippen LogP contribution in [0.15, 0.2) is 59.4 Å². The van der Waals surface area contributed by atoms with E-state index in [1.54, 1.807) is 18.2 Å². The van der Waals surface area contributed by atoms with E-state index >= 15 is 0 Å². The van der Waals surface area contributed by atoms with Gasteiger partial charge < -0.3 is 4.90 Å². The molecule has 150 valence electrons. The molecule has 6 nitrogen and oxygen atoms in total. The van der Waals surface area contributed by atoms with Gasteiger partial charge >= 0.3 is 0 Å². The summed E-state index contributed by atoms with van der Waals surface area (Å²) in [7, 11) is 0. The highest BCUT2D eigenvalue weighted by Crippen LogP contribution is 2.24. The molecule has 0 radical (unpaired) electrons. The first-order valence-corrected chi connectivity index (χ1v) is 10.3. The molecule has 0 spiro atoms. The first-order valence-electron chi connectivity index (χ1n) is 10.3. The maximum absolute atomic E-state index is 13.2. The van der Waals surface area contributed by atoms with Crippen molar-refractivity contribution in [1.82, 2.24) is 19.9 Å². The molecule has 2 aromatic carbocycles. The highest BCUT2D eigenvalue weighted by atomic mass is 16.2. The number of benzene rings is 2. The fourth-order valence-electron chi connectivity index (χ4n) is 4.17. The van der Waals surface area contributed by atoms with Crippen molar-refractivity contribution in [2.45, 2.75) is 38.6 Å². The minimum atomic E-state index is -0.606. The van der Waals surface area contributed by atoms with Crippen LogP contribution in [0.4, 0.5) is 0 Å². The van der Waals surface area contributed by atoms with Crippen molar-refractivity contribution in [1.29, 1.82) is 0 Å². The molecule has 1 aromatic heterocycles. The Morgan fingerprint density at radius 2 is 1.76 bits per heavy atom. The van der Waals surface area contributed by atoms with Crippen LogP contribution in [0, 0.1) is 5.92 Å². The van der Waals surface area contributed by atoms with Gasteiger partial charge in [-0.2, -0.15) is 4.68 Å². The van der Waals surface area contributed by atoms with E-state index in [2.05, 4.69) is 34.6 Å². The van der Waals surface area contributed by atoms with Crippen molar-refractivity contribution in [3.63, 3.8) is 0 Å². The Morgan fingerprint density at radius 1 is 1.07 bits per heavy atom. The van der Waals surface area contributed by atoms with Crippen LogP contribution in [0.2, 0.25) is 0 Å². The third-order valence-corrected chi connectivity index (χ3v) is 5.85. The van der Waals surface area contributed by atoms with Crippen molar-refractivity contribution in [3.8, 4) is 0 Å². The topological polar surface area (TPSA) is 68.1 Å². The number of nitrogens with zero attached hydrogens (tertiary/aromatic N) is 4. The fraction of sp³-hybridized carbons (Fsp3) is 0.391. The van der Waals surface area contributed by atoms with Gasteiger partial charge in [-0.1, -0.05) is 54.6 Å². The lowest BCUT2D eigenvalue weighted by atomic mass is 9.90. The summed E-state index contributed by atoms with van der Waals surface area (Å²) in [6, 6.07) is 17.0. The van der Waals surface area contributed by atoms with Crippen LogP contribution in [0.1, 0.15) is 37.8 Å². The van der Waals surface area contributed by atoms with Crippen LogP contribution in [0.3, 0.4) is 0 Å². The molecule has 0 bridgehead atoms. The van der Waals surface area contributed by atoms with Gasteiger partial charge in [-0.15, -0.1) is 5.10 Å². The molecule has 1 aliphatic rings. The van der Waals surface area contributed by atoms with Crippen molar-refractivity contribution in [3.05, 3.63) is 70.5 Å². The third kappa shape index (κ3) is 4.06. The van der Waals surface area contributed by atoms with E-state index in [4.69, 9.17) is 0 Å². The minimum absolute atomic E-state index is 0.0302. The smallest absolute Gasteiger partial charge is 0.278 e. The highest BCUT2D eigenvalue weighted by Gasteiger charge is 2.30. The molecule has 1 amide bonds. The molecule has 29 heavy (non-hydrogen) atoms. The monoisotopic (exact) mass is 390 g/mol. The van der Waals surface area contributed by atoms with Gasteiger partial charge in [0.25, 0.3) is 5.56 Å². The van der Waals surface area contributed by atoms with Gasteiger partial charge in [-0.3, -0.25) is 9.59 Å². The summed E-state index contributed by atoms with van der Waals surface area (Å²) < 4.78 is 1.26. The quantitative estimate of drug-likeness (QED) is 0.671. The van der Waals surface area contributed by atoms with Crippen LogP contribution in [-0.2, 0) is 11.2 Å². The highest BCUT2D eigenvalue weighted by molar-refractivity contribution is 5.81. The van der Waals surface area contributed by atoms with Gasteiger partial charge in [-0.05, 0) is 49.3 Å². The number of fused-ring (bicyclic) bond motifs is 1. The molecular weight excluding hydrogens is 364 g/mol. The first kappa shape index (κ1) is 19.3. The molecule has 4 rings (SSSR count). The van der Waals surface area contributed by atoms with Crippen molar-refractivity contribution < 1.29 is 4.79 Å². The second kappa shape index (κ2) is 8.55. The van der Waals surface area contributed by atoms with Crippen molar-refractivity contribution >= 4 is 16.8 Å². The lowest BCUT2D eigenvalue weighted by molar-refractivity contribution is -0.136. The Balaban J connectivity index is 1.46. The van der Waals surface area contributed by atoms with E-state index in [0.717, 1.165) is 32.4 Å². The molecule has 1 aliphatic heterocycles. The van der Waals surface area contributed by atoms with E-state index in [0.29, 0.717) is 23.2 Å². The summed E-state index contributed by atoms with van der Waals surface area (Å²) >= 11 is 0. The molecule has 1 saturated heterocycles. The zero-order chi connectivity index (χ0) is 20.2. The second-order valence-corrected chi connectivity index (χ2v) is 7.74. The second-order valence-electron chi connectivity index (χ2n) is 7.74. The van der Waals surface area contributed by atoms with Gasteiger partial charge in [0.15, 0.2) is 0 Å². The standard InChI is InChI=1S/C23H26N4O2/c1-2-21(27-22(28)19-10-6-7-11-20(19)24-25-27)23(29)26-14-12-18(13-15-26)16-17-8-4-3-5-9-17/h3-11,18,21H,2,12-16H2,1H3/t21-/m0/s1. The maximum Gasteiger partial charge on any atom is 0.278 e. The number of aromatic nitrogens is 3. The Hall–Kier alpha value is -3.02. The lowest BCUT2D eigenvalue weighted by Gasteiger charge is -2.34. The Morgan fingerprint density at radius 3 is 2.48 bits per heavy atom. The number of hydrogen-bond acceptors (Lipinski definition) is 4. The average Bonchev–Trinajstić information content (AvgIpc) is 2.77. The average molecular weight is 390 g/mol. The summed E-state index contributed by atoms with van der Waals surface area (Å²) in [6.07, 6.45) is 3.52. The molecule has 3 aromatic rings. The maximum atomic E-state index is 13.2. The molecule has 6 heteroatoms. The number of rotatable bonds is 5. The van der Waals surface area contributed by atoms with Crippen LogP contribution in [-0.4, -0.2) is 38.9 Å². The fourth-order valence-corrected chi connectivity index (χ4v) is 4.17. The van der Waals surface area contributed by atoms with Crippen molar-refractivity contribution in [2.24, 2.45) is 5.92 Å². The zero-order valence-electron chi connectivity index (χ0n) is 16.7. The molecule has 0 aliphatic carbocycles. The summed E-state index contributed by atoms with van der Waals surface area (Å²) in [5, 5.41) is 8.71.